The zero-order chi connectivity index (χ0) is 16.0. The first-order chi connectivity index (χ1) is 9.82. The number of nitro groups is 1. The molecular weight excluding hydrogens is 272 g/mol. The first kappa shape index (κ1) is 17.1. The molecule has 6 nitrogen and oxygen atoms in total. The predicted molar refractivity (Wildman–Crippen MR) is 80.2 cm³/mol. The van der Waals surface area contributed by atoms with Gasteiger partial charge in [0.25, 0.3) is 5.69 Å². The van der Waals surface area contributed by atoms with Gasteiger partial charge in [0.1, 0.15) is 0 Å². The highest BCUT2D eigenvalue weighted by atomic mass is 16.6. The van der Waals surface area contributed by atoms with Crippen LogP contribution in [0.2, 0.25) is 0 Å². The third-order valence-electron chi connectivity index (χ3n) is 3.55. The van der Waals surface area contributed by atoms with Crippen molar-refractivity contribution in [2.45, 2.75) is 46.2 Å². The molecule has 0 radical (unpaired) electrons. The summed E-state index contributed by atoms with van der Waals surface area (Å²) < 4.78 is 0. The molecule has 0 aliphatic rings. The molecule has 0 saturated heterocycles. The Balaban J connectivity index is 2.82. The van der Waals surface area contributed by atoms with E-state index in [4.69, 9.17) is 5.11 Å². The molecule has 0 saturated carbocycles. The molecule has 0 aliphatic heterocycles. The van der Waals surface area contributed by atoms with Gasteiger partial charge in [-0.25, -0.2) is 0 Å². The Kier molecular flexibility index (Phi) is 6.30. The number of hydrogen-bond acceptors (Lipinski definition) is 4. The summed E-state index contributed by atoms with van der Waals surface area (Å²) in [6.07, 6.45) is 0.707. The van der Waals surface area contributed by atoms with E-state index in [9.17, 15) is 14.9 Å². The Bertz CT molecular complexity index is 514. The Morgan fingerprint density at radius 2 is 2.10 bits per heavy atom. The maximum absolute atomic E-state index is 11.0. The van der Waals surface area contributed by atoms with Crippen molar-refractivity contribution in [2.75, 3.05) is 6.54 Å². The molecule has 0 aliphatic carbocycles. The maximum atomic E-state index is 11.0. The minimum Gasteiger partial charge on any atom is -0.481 e. The number of carboxylic acids is 1. The van der Waals surface area contributed by atoms with Crippen LogP contribution in [0.5, 0.6) is 0 Å². The van der Waals surface area contributed by atoms with Crippen molar-refractivity contribution in [2.24, 2.45) is 0 Å². The van der Waals surface area contributed by atoms with Gasteiger partial charge in [0.05, 0.1) is 4.92 Å². The average Bonchev–Trinajstić information content (AvgIpc) is 2.38. The quantitative estimate of drug-likeness (QED) is 0.588. The molecule has 0 bridgehead atoms. The van der Waals surface area contributed by atoms with Crippen molar-refractivity contribution in [3.63, 3.8) is 0 Å². The second-order valence-corrected chi connectivity index (χ2v) is 5.38. The fourth-order valence-corrected chi connectivity index (χ4v) is 2.21. The molecule has 1 aromatic rings. The van der Waals surface area contributed by atoms with E-state index >= 15 is 0 Å². The highest BCUT2D eigenvalue weighted by molar-refractivity contribution is 5.66. The Labute approximate surface area is 124 Å². The molecule has 21 heavy (non-hydrogen) atoms. The zero-order valence-electron chi connectivity index (χ0n) is 12.7. The summed E-state index contributed by atoms with van der Waals surface area (Å²) in [5.74, 6) is -0.801. The molecule has 116 valence electrons. The van der Waals surface area contributed by atoms with Crippen LogP contribution < -0.4 is 0 Å². The van der Waals surface area contributed by atoms with Crippen LogP contribution >= 0.6 is 0 Å². The second-order valence-electron chi connectivity index (χ2n) is 5.38. The normalized spacial score (nSPS) is 11.1. The molecule has 0 amide bonds. The Morgan fingerprint density at radius 1 is 1.43 bits per heavy atom. The van der Waals surface area contributed by atoms with Crippen molar-refractivity contribution in [3.05, 3.63) is 39.4 Å². The zero-order valence-corrected chi connectivity index (χ0v) is 12.7. The van der Waals surface area contributed by atoms with Gasteiger partial charge in [-0.15, -0.1) is 0 Å². The Hall–Kier alpha value is -1.95. The van der Waals surface area contributed by atoms with E-state index in [1.807, 2.05) is 19.9 Å². The summed E-state index contributed by atoms with van der Waals surface area (Å²) in [5.41, 5.74) is 1.71. The van der Waals surface area contributed by atoms with Crippen LogP contribution in [0.25, 0.3) is 0 Å². The van der Waals surface area contributed by atoms with E-state index in [0.29, 0.717) is 25.1 Å². The van der Waals surface area contributed by atoms with Gasteiger partial charge >= 0.3 is 5.97 Å². The van der Waals surface area contributed by atoms with Crippen molar-refractivity contribution < 1.29 is 14.8 Å². The highest BCUT2D eigenvalue weighted by Gasteiger charge is 2.17. The number of aliphatic carboxylic acids is 1. The number of hydrogen-bond donors (Lipinski definition) is 1. The molecule has 0 atom stereocenters. The van der Waals surface area contributed by atoms with E-state index in [2.05, 4.69) is 4.90 Å². The van der Waals surface area contributed by atoms with E-state index in [1.165, 1.54) is 6.07 Å². The van der Waals surface area contributed by atoms with E-state index in [1.54, 1.807) is 13.0 Å². The molecule has 6 heteroatoms. The van der Waals surface area contributed by atoms with Gasteiger partial charge < -0.3 is 5.11 Å². The lowest BCUT2D eigenvalue weighted by atomic mass is 10.1. The number of nitro benzene ring substituents is 1. The largest absolute Gasteiger partial charge is 0.481 e. The molecule has 1 rings (SSSR count). The maximum Gasteiger partial charge on any atom is 0.303 e. The number of carboxylic acid groups (broad SMARTS) is 1. The van der Waals surface area contributed by atoms with Crippen molar-refractivity contribution >= 4 is 11.7 Å². The summed E-state index contributed by atoms with van der Waals surface area (Å²) in [7, 11) is 0. The third kappa shape index (κ3) is 5.15. The SMILES string of the molecule is Cc1c(CN(CCCC(=O)O)C(C)C)cccc1[N+](=O)[O-]. The van der Waals surface area contributed by atoms with Crippen LogP contribution in [0.1, 0.15) is 37.8 Å². The molecule has 0 unspecified atom stereocenters. The number of nitrogens with zero attached hydrogens (tertiary/aromatic N) is 2. The van der Waals surface area contributed by atoms with Gasteiger partial charge in [0.2, 0.25) is 0 Å². The summed E-state index contributed by atoms with van der Waals surface area (Å²) in [5, 5.41) is 19.7. The number of carbonyl (C=O) groups is 1. The fraction of sp³-hybridized carbons (Fsp3) is 0.533. The molecule has 0 heterocycles. The van der Waals surface area contributed by atoms with Crippen LogP contribution in [0, 0.1) is 17.0 Å². The lowest BCUT2D eigenvalue weighted by molar-refractivity contribution is -0.385. The number of benzene rings is 1. The first-order valence-electron chi connectivity index (χ1n) is 7.01. The van der Waals surface area contributed by atoms with Crippen LogP contribution in [0.4, 0.5) is 5.69 Å². The number of rotatable bonds is 8. The third-order valence-corrected chi connectivity index (χ3v) is 3.55. The summed E-state index contributed by atoms with van der Waals surface area (Å²) >= 11 is 0. The smallest absolute Gasteiger partial charge is 0.303 e. The van der Waals surface area contributed by atoms with Gasteiger partial charge in [0, 0.05) is 30.6 Å². The second kappa shape index (κ2) is 7.73. The summed E-state index contributed by atoms with van der Waals surface area (Å²) in [6, 6.07) is 5.33. The van der Waals surface area contributed by atoms with Gasteiger partial charge in [-0.05, 0) is 39.3 Å². The molecule has 1 aromatic carbocycles. The first-order valence-corrected chi connectivity index (χ1v) is 7.01. The van der Waals surface area contributed by atoms with E-state index in [-0.39, 0.29) is 23.1 Å². The van der Waals surface area contributed by atoms with Crippen LogP contribution in [0.15, 0.2) is 18.2 Å². The monoisotopic (exact) mass is 294 g/mol. The molecule has 1 N–H and O–H groups in total. The standard InChI is InChI=1S/C15H22N2O4/c1-11(2)16(9-5-8-15(18)19)10-13-6-4-7-14(12(13)3)17(20)21/h4,6-7,11H,5,8-10H2,1-3H3,(H,18,19). The molecule has 0 spiro atoms. The van der Waals surface area contributed by atoms with Crippen molar-refractivity contribution in [3.8, 4) is 0 Å². The van der Waals surface area contributed by atoms with E-state index in [0.717, 1.165) is 5.56 Å². The summed E-state index contributed by atoms with van der Waals surface area (Å²) in [4.78, 5) is 23.3. The van der Waals surface area contributed by atoms with Crippen LogP contribution in [0.3, 0.4) is 0 Å². The van der Waals surface area contributed by atoms with Crippen molar-refractivity contribution in [1.82, 2.24) is 4.90 Å². The minimum atomic E-state index is -0.801. The van der Waals surface area contributed by atoms with Crippen LogP contribution in [-0.2, 0) is 11.3 Å². The van der Waals surface area contributed by atoms with Crippen LogP contribution in [-0.4, -0.2) is 33.5 Å². The molecular formula is C15H22N2O4. The fourth-order valence-electron chi connectivity index (χ4n) is 2.21. The Morgan fingerprint density at radius 3 is 2.62 bits per heavy atom. The predicted octanol–water partition coefficient (Wildman–Crippen LogP) is 2.98. The topological polar surface area (TPSA) is 83.7 Å². The van der Waals surface area contributed by atoms with Gasteiger partial charge in [-0.3, -0.25) is 19.8 Å². The average molecular weight is 294 g/mol. The van der Waals surface area contributed by atoms with Gasteiger partial charge in [-0.1, -0.05) is 12.1 Å². The van der Waals surface area contributed by atoms with Crippen molar-refractivity contribution in [1.29, 1.82) is 0 Å². The minimum absolute atomic E-state index is 0.127. The van der Waals surface area contributed by atoms with Gasteiger partial charge in [0.15, 0.2) is 0 Å². The summed E-state index contributed by atoms with van der Waals surface area (Å²) in [6.45, 7) is 7.07. The highest BCUT2D eigenvalue weighted by Crippen LogP contribution is 2.23. The lowest BCUT2D eigenvalue weighted by Crippen LogP contribution is -2.32. The molecule has 0 aromatic heterocycles. The lowest BCUT2D eigenvalue weighted by Gasteiger charge is -2.27. The molecule has 0 fully saturated rings. The van der Waals surface area contributed by atoms with Gasteiger partial charge in [-0.2, -0.15) is 0 Å². The van der Waals surface area contributed by atoms with E-state index < -0.39 is 5.97 Å².